The number of halogens is 1. The lowest BCUT2D eigenvalue weighted by Crippen LogP contribution is -2.12. The van der Waals surface area contributed by atoms with Gasteiger partial charge < -0.3 is 0 Å². The number of benzene rings is 1. The van der Waals surface area contributed by atoms with Gasteiger partial charge in [0.2, 0.25) is 10.0 Å². The number of sulfonamides is 1. The second-order valence-corrected chi connectivity index (χ2v) is 8.08. The van der Waals surface area contributed by atoms with E-state index in [-0.39, 0.29) is 20.9 Å². The van der Waals surface area contributed by atoms with Crippen molar-refractivity contribution in [2.45, 2.75) is 18.1 Å². The van der Waals surface area contributed by atoms with Crippen molar-refractivity contribution in [3.63, 3.8) is 0 Å². The summed E-state index contributed by atoms with van der Waals surface area (Å²) in [5, 5.41) is 7.84. The summed E-state index contributed by atoms with van der Waals surface area (Å²) < 4.78 is 23.4. The molecule has 0 aliphatic heterocycles. The number of carbonyl (C=O) groups excluding carboxylic acids is 1. The van der Waals surface area contributed by atoms with Gasteiger partial charge >= 0.3 is 0 Å². The molecule has 0 atom stereocenters. The molecule has 0 saturated heterocycles. The number of aryl methyl sites for hydroxylation is 2. The first kappa shape index (κ1) is 16.1. The highest BCUT2D eigenvalue weighted by Gasteiger charge is 2.19. The molecule has 1 heterocycles. The zero-order valence-corrected chi connectivity index (χ0v) is 14.4. The van der Waals surface area contributed by atoms with Gasteiger partial charge in [-0.2, -0.15) is 0 Å². The highest BCUT2D eigenvalue weighted by Crippen LogP contribution is 2.26. The van der Waals surface area contributed by atoms with Crippen LogP contribution in [0.15, 0.2) is 26.9 Å². The van der Waals surface area contributed by atoms with E-state index in [1.54, 1.807) is 12.1 Å². The summed E-state index contributed by atoms with van der Waals surface area (Å²) in [5.74, 6) is -0.367. The maximum absolute atomic E-state index is 12.1. The van der Waals surface area contributed by atoms with Crippen LogP contribution in [0.3, 0.4) is 0 Å². The van der Waals surface area contributed by atoms with E-state index in [0.29, 0.717) is 5.56 Å². The van der Waals surface area contributed by atoms with Crippen LogP contribution in [0.2, 0.25) is 0 Å². The largest absolute Gasteiger partial charge is 0.298 e. The third-order valence-corrected chi connectivity index (χ3v) is 5.62. The number of nitrogens with two attached hydrogens (primary N) is 1. The average molecular weight is 390 g/mol. The number of thiazole rings is 1. The topological polar surface area (TPSA) is 102 Å². The molecule has 0 bridgehead atoms. The van der Waals surface area contributed by atoms with Crippen LogP contribution >= 0.6 is 27.3 Å². The molecule has 21 heavy (non-hydrogen) atoms. The number of nitrogens with zero attached hydrogens (tertiary/aromatic N) is 1. The average Bonchev–Trinajstić information content (AvgIpc) is 2.68. The maximum atomic E-state index is 12.1. The normalized spacial score (nSPS) is 11.4. The summed E-state index contributed by atoms with van der Waals surface area (Å²) in [6.07, 6.45) is 0. The first-order valence-electron chi connectivity index (χ1n) is 5.75. The highest BCUT2D eigenvalue weighted by atomic mass is 79.9. The maximum Gasteiger partial charge on any atom is 0.257 e. The monoisotopic (exact) mass is 389 g/mol. The van der Waals surface area contributed by atoms with Gasteiger partial charge in [0, 0.05) is 10.0 Å². The summed E-state index contributed by atoms with van der Waals surface area (Å²) in [5.41, 5.74) is 1.64. The van der Waals surface area contributed by atoms with Crippen LogP contribution in [0.1, 0.15) is 21.6 Å². The summed E-state index contributed by atoms with van der Waals surface area (Å²) in [6, 6.07) is 5.27. The summed E-state index contributed by atoms with van der Waals surface area (Å²) in [6.45, 7) is 3.39. The molecule has 2 rings (SSSR count). The third-order valence-electron chi connectivity index (χ3n) is 2.54. The Balaban J connectivity index is 2.28. The summed E-state index contributed by atoms with van der Waals surface area (Å²) in [7, 11) is -3.83. The zero-order valence-electron chi connectivity index (χ0n) is 11.2. The highest BCUT2D eigenvalue weighted by molar-refractivity contribution is 9.10. The molecule has 112 valence electrons. The molecule has 2 aromatic rings. The smallest absolute Gasteiger partial charge is 0.257 e. The predicted molar refractivity (Wildman–Crippen MR) is 85.1 cm³/mol. The van der Waals surface area contributed by atoms with E-state index < -0.39 is 10.0 Å². The molecule has 0 spiro atoms. The van der Waals surface area contributed by atoms with Crippen LogP contribution in [0.25, 0.3) is 0 Å². The molecule has 0 fully saturated rings. The molecule has 1 amide bonds. The van der Waals surface area contributed by atoms with Crippen LogP contribution in [0.5, 0.6) is 0 Å². The van der Waals surface area contributed by atoms with Crippen molar-refractivity contribution in [1.82, 2.24) is 4.98 Å². The van der Waals surface area contributed by atoms with E-state index in [0.717, 1.165) is 21.4 Å². The Bertz CT molecular complexity index is 795. The Kier molecular flexibility index (Phi) is 4.47. The number of rotatable bonds is 3. The number of amides is 1. The second-order valence-electron chi connectivity index (χ2n) is 4.41. The van der Waals surface area contributed by atoms with E-state index in [2.05, 4.69) is 26.2 Å². The van der Waals surface area contributed by atoms with Gasteiger partial charge in [0.15, 0.2) is 9.34 Å². The van der Waals surface area contributed by atoms with Crippen molar-refractivity contribution < 1.29 is 13.2 Å². The molecule has 0 radical (unpaired) electrons. The molecule has 6 nitrogen and oxygen atoms in total. The number of carbonyl (C=O) groups is 1. The molecule has 0 aliphatic carbocycles. The van der Waals surface area contributed by atoms with Crippen molar-refractivity contribution >= 4 is 48.3 Å². The van der Waals surface area contributed by atoms with E-state index in [1.807, 2.05) is 13.0 Å². The SMILES string of the molecule is Cc1cc(Br)cc(C(=O)Nc2nc(C)c(S(N)(=O)=O)s2)c1. The molecule has 0 saturated carbocycles. The van der Waals surface area contributed by atoms with Gasteiger partial charge in [-0.3, -0.25) is 10.1 Å². The van der Waals surface area contributed by atoms with Crippen molar-refractivity contribution in [2.24, 2.45) is 5.14 Å². The minimum absolute atomic E-state index is 0.0526. The Morgan fingerprint density at radius 2 is 2.00 bits per heavy atom. The number of primary sulfonamides is 1. The second kappa shape index (κ2) is 5.84. The first-order chi connectivity index (χ1) is 9.66. The molecule has 1 aromatic heterocycles. The lowest BCUT2D eigenvalue weighted by molar-refractivity contribution is 0.102. The van der Waals surface area contributed by atoms with Crippen LogP contribution < -0.4 is 10.5 Å². The van der Waals surface area contributed by atoms with Crippen LogP contribution in [0, 0.1) is 13.8 Å². The summed E-state index contributed by atoms with van der Waals surface area (Å²) >= 11 is 4.15. The Labute approximate surface area is 134 Å². The van der Waals surface area contributed by atoms with Crippen LogP contribution in [0.4, 0.5) is 5.13 Å². The van der Waals surface area contributed by atoms with Gasteiger partial charge in [-0.25, -0.2) is 18.5 Å². The first-order valence-corrected chi connectivity index (χ1v) is 8.91. The minimum atomic E-state index is -3.83. The van der Waals surface area contributed by atoms with E-state index in [9.17, 15) is 13.2 Å². The van der Waals surface area contributed by atoms with Gasteiger partial charge in [-0.1, -0.05) is 27.3 Å². The number of anilines is 1. The quantitative estimate of drug-likeness (QED) is 0.840. The van der Waals surface area contributed by atoms with Crippen molar-refractivity contribution in [3.05, 3.63) is 39.5 Å². The van der Waals surface area contributed by atoms with Crippen LogP contribution in [-0.4, -0.2) is 19.3 Å². The van der Waals surface area contributed by atoms with Gasteiger partial charge in [-0.15, -0.1) is 0 Å². The van der Waals surface area contributed by atoms with Gasteiger partial charge in [0.25, 0.3) is 5.91 Å². The lowest BCUT2D eigenvalue weighted by atomic mass is 10.1. The fourth-order valence-electron chi connectivity index (χ4n) is 1.74. The van der Waals surface area contributed by atoms with E-state index in [1.165, 1.54) is 6.92 Å². The summed E-state index contributed by atoms with van der Waals surface area (Å²) in [4.78, 5) is 16.1. The molecule has 0 aliphatic rings. The van der Waals surface area contributed by atoms with Crippen molar-refractivity contribution in [2.75, 3.05) is 5.32 Å². The van der Waals surface area contributed by atoms with Crippen molar-refractivity contribution in [3.8, 4) is 0 Å². The molecular formula is C12H12BrN3O3S2. The molecular weight excluding hydrogens is 378 g/mol. The fraction of sp³-hybridized carbons (Fsp3) is 0.167. The minimum Gasteiger partial charge on any atom is -0.298 e. The number of nitrogens with one attached hydrogen (secondary N) is 1. The Hall–Kier alpha value is -1.29. The van der Waals surface area contributed by atoms with E-state index >= 15 is 0 Å². The molecule has 0 unspecified atom stereocenters. The van der Waals surface area contributed by atoms with Gasteiger partial charge in [-0.05, 0) is 37.6 Å². The third kappa shape index (κ3) is 3.88. The fourth-order valence-corrected chi connectivity index (χ4v) is 4.20. The Morgan fingerprint density at radius 3 is 2.52 bits per heavy atom. The standard InChI is InChI=1S/C12H12BrN3O3S2/c1-6-3-8(5-9(13)4-6)10(17)16-12-15-7(2)11(20-12)21(14,18)19/h3-5H,1-2H3,(H2,14,18,19)(H,15,16,17). The van der Waals surface area contributed by atoms with Gasteiger partial charge in [0.05, 0.1) is 5.69 Å². The molecule has 1 aromatic carbocycles. The van der Waals surface area contributed by atoms with Crippen LogP contribution in [-0.2, 0) is 10.0 Å². The van der Waals surface area contributed by atoms with Gasteiger partial charge in [0.1, 0.15) is 0 Å². The number of hydrogen-bond donors (Lipinski definition) is 2. The van der Waals surface area contributed by atoms with E-state index in [4.69, 9.17) is 5.14 Å². The lowest BCUT2D eigenvalue weighted by Gasteiger charge is -2.03. The Morgan fingerprint density at radius 1 is 1.33 bits per heavy atom. The molecule has 9 heteroatoms. The zero-order chi connectivity index (χ0) is 15.8. The number of aromatic nitrogens is 1. The predicted octanol–water partition coefficient (Wildman–Crippen LogP) is 2.42. The van der Waals surface area contributed by atoms with Crippen molar-refractivity contribution in [1.29, 1.82) is 0 Å². The molecule has 3 N–H and O–H groups in total. The number of hydrogen-bond acceptors (Lipinski definition) is 5.